The molecule has 4 rings (SSSR count). The van der Waals surface area contributed by atoms with Crippen molar-refractivity contribution in [3.05, 3.63) is 52.8 Å². The van der Waals surface area contributed by atoms with Crippen molar-refractivity contribution in [3.8, 4) is 0 Å². The van der Waals surface area contributed by atoms with Crippen LogP contribution in [0.2, 0.25) is 0 Å². The zero-order chi connectivity index (χ0) is 18.3. The minimum absolute atomic E-state index is 0. The largest absolute Gasteiger partial charge is 0.324 e. The number of H-pyrrole nitrogens is 1. The van der Waals surface area contributed by atoms with Crippen LogP contribution < -0.4 is 10.6 Å². The average Bonchev–Trinajstić information content (AvgIpc) is 3.06. The second-order valence-corrected chi connectivity index (χ2v) is 8.59. The predicted octanol–water partition coefficient (Wildman–Crippen LogP) is 4.49. The zero-order valence-corrected chi connectivity index (χ0v) is 16.5. The van der Waals surface area contributed by atoms with Crippen molar-refractivity contribution in [3.63, 3.8) is 0 Å². The molecule has 144 valence electrons. The molecule has 0 aliphatic carbocycles. The summed E-state index contributed by atoms with van der Waals surface area (Å²) in [5.74, 6) is 2.45. The molecule has 0 saturated heterocycles. The molecule has 10 heteroatoms. The van der Waals surface area contributed by atoms with Gasteiger partial charge in [-0.25, -0.2) is 4.98 Å². The summed E-state index contributed by atoms with van der Waals surface area (Å²) in [7, 11) is -2.52. The fourth-order valence-electron chi connectivity index (χ4n) is 2.87. The molecule has 5 N–H and O–H groups in total. The summed E-state index contributed by atoms with van der Waals surface area (Å²) < 4.78 is 19.7. The van der Waals surface area contributed by atoms with Gasteiger partial charge in [0.1, 0.15) is 5.82 Å². The summed E-state index contributed by atoms with van der Waals surface area (Å²) in [5, 5.41) is 13.5. The maximum Gasteiger partial charge on any atom is 0.229 e. The number of aromatic nitrogens is 4. The monoisotopic (exact) mass is 408 g/mol. The van der Waals surface area contributed by atoms with E-state index in [1.54, 1.807) is 12.3 Å². The van der Waals surface area contributed by atoms with Crippen molar-refractivity contribution < 1.29 is 9.11 Å². The van der Waals surface area contributed by atoms with Gasteiger partial charge < -0.3 is 10.6 Å². The highest BCUT2D eigenvalue weighted by atomic mass is 35.5. The molecule has 0 radical (unpaired) electrons. The van der Waals surface area contributed by atoms with Crippen LogP contribution >= 0.6 is 23.0 Å². The molecule has 0 fully saturated rings. The number of benzene rings is 1. The van der Waals surface area contributed by atoms with Crippen LogP contribution in [0.1, 0.15) is 22.4 Å². The lowest BCUT2D eigenvalue weighted by Gasteiger charge is -2.25. The van der Waals surface area contributed by atoms with Crippen molar-refractivity contribution in [2.45, 2.75) is 25.4 Å². The van der Waals surface area contributed by atoms with E-state index in [9.17, 15) is 9.11 Å². The molecule has 0 spiro atoms. The van der Waals surface area contributed by atoms with Crippen molar-refractivity contribution in [2.24, 2.45) is 0 Å². The van der Waals surface area contributed by atoms with E-state index in [4.69, 9.17) is 0 Å². The Labute approximate surface area is 164 Å². The Balaban J connectivity index is 0.00000210. The number of anilines is 4. The maximum absolute atomic E-state index is 9.87. The first-order chi connectivity index (χ1) is 12.4. The summed E-state index contributed by atoms with van der Waals surface area (Å²) in [5.41, 5.74) is 4.78. The number of hydrogen-bond donors (Lipinski definition) is 5. The Morgan fingerprint density at radius 1 is 1.07 bits per heavy atom. The highest BCUT2D eigenvalue weighted by molar-refractivity contribution is 8.23. The fraction of sp³-hybridized carbons (Fsp3) is 0.235. The van der Waals surface area contributed by atoms with Gasteiger partial charge in [-0.1, -0.05) is 6.07 Å². The van der Waals surface area contributed by atoms with E-state index in [0.29, 0.717) is 23.3 Å². The number of nitrogens with one attached hydrogen (secondary N) is 3. The molecular formula is C17H21ClN6O2S. The molecule has 1 aromatic carbocycles. The quantitative estimate of drug-likeness (QED) is 0.431. The van der Waals surface area contributed by atoms with E-state index in [-0.39, 0.29) is 12.4 Å². The number of nitrogens with zero attached hydrogens (tertiary/aromatic N) is 3. The van der Waals surface area contributed by atoms with E-state index in [1.807, 2.05) is 32.0 Å². The molecule has 0 atom stereocenters. The molecule has 1 aliphatic heterocycles. The number of rotatable bonds is 4. The van der Waals surface area contributed by atoms with Crippen LogP contribution in [0.15, 0.2) is 30.5 Å². The molecule has 0 saturated carbocycles. The van der Waals surface area contributed by atoms with Gasteiger partial charge in [0.05, 0.1) is 11.5 Å². The van der Waals surface area contributed by atoms with E-state index in [0.717, 1.165) is 33.9 Å². The normalized spacial score (nSPS) is 15.6. The number of halogens is 1. The van der Waals surface area contributed by atoms with Crippen LogP contribution in [0.3, 0.4) is 0 Å². The summed E-state index contributed by atoms with van der Waals surface area (Å²) in [6, 6.07) is 7.49. The van der Waals surface area contributed by atoms with Gasteiger partial charge in [0.15, 0.2) is 5.82 Å². The summed E-state index contributed by atoms with van der Waals surface area (Å²) in [6.45, 7) is 3.94. The van der Waals surface area contributed by atoms with E-state index in [2.05, 4.69) is 30.8 Å². The van der Waals surface area contributed by atoms with E-state index in [1.165, 1.54) is 0 Å². The third-order valence-corrected chi connectivity index (χ3v) is 5.94. The topological polar surface area (TPSA) is 119 Å². The smallest absolute Gasteiger partial charge is 0.229 e. The van der Waals surface area contributed by atoms with Gasteiger partial charge >= 0.3 is 0 Å². The van der Waals surface area contributed by atoms with Crippen LogP contribution in [-0.4, -0.2) is 29.3 Å². The lowest BCUT2D eigenvalue weighted by atomic mass is 10.1. The standard InChI is InChI=1S/C17H20N6O2S.ClH/c1-10-11(2)22-23-16(10)20-15-5-6-18-17(21-15)19-14-4-3-12-8-26(24,25)9-13(12)7-14;/h3-7,24-25H,8-9H2,1-2H3,(H3,18,19,20,21,22,23);1H. The lowest BCUT2D eigenvalue weighted by molar-refractivity contribution is 0.489. The molecule has 2 aromatic heterocycles. The molecular weight excluding hydrogens is 388 g/mol. The Morgan fingerprint density at radius 2 is 1.85 bits per heavy atom. The van der Waals surface area contributed by atoms with Gasteiger partial charge in [-0.2, -0.15) is 20.7 Å². The van der Waals surface area contributed by atoms with E-state index >= 15 is 0 Å². The van der Waals surface area contributed by atoms with E-state index < -0.39 is 10.6 Å². The molecule has 0 bridgehead atoms. The van der Waals surface area contributed by atoms with Crippen LogP contribution in [-0.2, 0) is 11.5 Å². The Morgan fingerprint density at radius 3 is 2.59 bits per heavy atom. The summed E-state index contributed by atoms with van der Waals surface area (Å²) in [4.78, 5) is 8.70. The lowest BCUT2D eigenvalue weighted by Crippen LogP contribution is -2.01. The molecule has 1 aliphatic rings. The van der Waals surface area contributed by atoms with Gasteiger partial charge in [0.2, 0.25) is 5.95 Å². The Kier molecular flexibility index (Phi) is 5.29. The second-order valence-electron chi connectivity index (χ2n) is 6.41. The number of fused-ring (bicyclic) bond motifs is 1. The molecule has 8 nitrogen and oxygen atoms in total. The van der Waals surface area contributed by atoms with Gasteiger partial charge in [-0.3, -0.25) is 14.2 Å². The first kappa shape index (κ1) is 19.4. The molecule has 3 aromatic rings. The minimum Gasteiger partial charge on any atom is -0.324 e. The third kappa shape index (κ3) is 4.16. The minimum atomic E-state index is -2.52. The zero-order valence-electron chi connectivity index (χ0n) is 14.9. The van der Waals surface area contributed by atoms with Crippen LogP contribution in [0.4, 0.5) is 23.3 Å². The summed E-state index contributed by atoms with van der Waals surface area (Å²) >= 11 is 0. The first-order valence-electron chi connectivity index (χ1n) is 8.14. The highest BCUT2D eigenvalue weighted by Gasteiger charge is 2.25. The van der Waals surface area contributed by atoms with Crippen LogP contribution in [0.5, 0.6) is 0 Å². The fourth-order valence-corrected chi connectivity index (χ4v) is 4.52. The number of hydrogen-bond acceptors (Lipinski definition) is 7. The van der Waals surface area contributed by atoms with Crippen molar-refractivity contribution in [1.29, 1.82) is 0 Å². The predicted molar refractivity (Wildman–Crippen MR) is 111 cm³/mol. The van der Waals surface area contributed by atoms with Crippen molar-refractivity contribution >= 4 is 46.3 Å². The van der Waals surface area contributed by atoms with Gasteiger partial charge in [0, 0.05) is 23.1 Å². The molecule has 0 amide bonds. The van der Waals surface area contributed by atoms with Crippen LogP contribution in [0.25, 0.3) is 0 Å². The number of aryl methyl sites for hydroxylation is 1. The van der Waals surface area contributed by atoms with Crippen LogP contribution in [0, 0.1) is 13.8 Å². The van der Waals surface area contributed by atoms with Gasteiger partial charge in [-0.15, -0.1) is 12.4 Å². The van der Waals surface area contributed by atoms with Crippen molar-refractivity contribution in [2.75, 3.05) is 10.6 Å². The Hall–Kier alpha value is -2.33. The molecule has 3 heterocycles. The third-order valence-electron chi connectivity index (χ3n) is 4.39. The second kappa shape index (κ2) is 7.35. The molecule has 0 unspecified atom stereocenters. The molecule has 27 heavy (non-hydrogen) atoms. The first-order valence-corrected chi connectivity index (χ1v) is 10.0. The van der Waals surface area contributed by atoms with Gasteiger partial charge in [0.25, 0.3) is 0 Å². The maximum atomic E-state index is 9.87. The SMILES string of the molecule is Cc1[nH]nc(Nc2ccnc(Nc3ccc4c(c3)CS(O)(O)C4)n2)c1C.Cl. The number of aromatic amines is 1. The highest BCUT2D eigenvalue weighted by Crippen LogP contribution is 2.52. The summed E-state index contributed by atoms with van der Waals surface area (Å²) in [6.07, 6.45) is 1.66. The Bertz CT molecular complexity index is 978. The van der Waals surface area contributed by atoms with Gasteiger partial charge in [-0.05, 0) is 43.2 Å². The average molecular weight is 409 g/mol. The van der Waals surface area contributed by atoms with Crippen molar-refractivity contribution in [1.82, 2.24) is 20.2 Å².